The fraction of sp³-hybridized carbons (Fsp3) is 0.0870. The molecule has 0 unspecified atom stereocenters. The highest BCUT2D eigenvalue weighted by atomic mass is 35.5. The van der Waals surface area contributed by atoms with Crippen molar-refractivity contribution in [1.29, 1.82) is 0 Å². The number of carbonyl (C=O) groups excluding carboxylic acids is 1. The minimum atomic E-state index is -0.242. The van der Waals surface area contributed by atoms with Gasteiger partial charge in [0.05, 0.1) is 10.7 Å². The molecule has 0 bridgehead atoms. The summed E-state index contributed by atoms with van der Waals surface area (Å²) in [6, 6.07) is 20.3. The lowest BCUT2D eigenvalue weighted by Crippen LogP contribution is -2.12. The molecule has 0 saturated heterocycles. The van der Waals surface area contributed by atoms with Crippen molar-refractivity contribution in [3.05, 3.63) is 88.4 Å². The number of nitrogens with zero attached hydrogens (tertiary/aromatic N) is 2. The second kappa shape index (κ2) is 7.89. The number of hydrogen-bond acceptors (Lipinski definition) is 4. The predicted molar refractivity (Wildman–Crippen MR) is 114 cm³/mol. The van der Waals surface area contributed by atoms with Gasteiger partial charge in [-0.05, 0) is 67.9 Å². The molecule has 4 rings (SSSR count). The van der Waals surface area contributed by atoms with Gasteiger partial charge < -0.3 is 9.73 Å². The van der Waals surface area contributed by atoms with Gasteiger partial charge in [0, 0.05) is 16.7 Å². The van der Waals surface area contributed by atoms with Crippen molar-refractivity contribution >= 4 is 23.2 Å². The molecule has 4 aromatic rings. The molecule has 5 nitrogen and oxygen atoms in total. The number of hydrogen-bond donors (Lipinski definition) is 1. The maximum absolute atomic E-state index is 12.5. The van der Waals surface area contributed by atoms with Gasteiger partial charge in [-0.2, -0.15) is 0 Å². The maximum atomic E-state index is 12.5. The molecule has 1 amide bonds. The highest BCUT2D eigenvalue weighted by molar-refractivity contribution is 6.34. The van der Waals surface area contributed by atoms with Gasteiger partial charge >= 0.3 is 0 Å². The van der Waals surface area contributed by atoms with Crippen LogP contribution in [0.5, 0.6) is 0 Å². The van der Waals surface area contributed by atoms with Crippen molar-refractivity contribution in [1.82, 2.24) is 10.2 Å². The van der Waals surface area contributed by atoms with Crippen molar-refractivity contribution in [2.24, 2.45) is 0 Å². The van der Waals surface area contributed by atoms with Gasteiger partial charge in [0.15, 0.2) is 0 Å². The zero-order valence-electron chi connectivity index (χ0n) is 15.9. The van der Waals surface area contributed by atoms with E-state index in [1.54, 1.807) is 30.3 Å². The maximum Gasteiger partial charge on any atom is 0.255 e. The Balaban J connectivity index is 1.51. The van der Waals surface area contributed by atoms with Crippen LogP contribution < -0.4 is 5.32 Å². The van der Waals surface area contributed by atoms with Gasteiger partial charge in [0.25, 0.3) is 5.91 Å². The molecular weight excluding hydrogens is 386 g/mol. The van der Waals surface area contributed by atoms with Crippen LogP contribution in [0.1, 0.15) is 21.5 Å². The second-order valence-electron chi connectivity index (χ2n) is 6.80. The Morgan fingerprint density at radius 2 is 1.55 bits per heavy atom. The lowest BCUT2D eigenvalue weighted by atomic mass is 10.1. The topological polar surface area (TPSA) is 68.0 Å². The van der Waals surface area contributed by atoms with E-state index in [-0.39, 0.29) is 5.91 Å². The van der Waals surface area contributed by atoms with Crippen LogP contribution in [0.15, 0.2) is 71.1 Å². The standard InChI is InChI=1S/C23H18ClN3O2/c1-14-4-3-5-18(12-14)23-27-26-22(29-23)17-9-7-16(8-10-17)21(28)25-20-11-6-15(2)13-19(20)24/h3-13H,1-2H3,(H,25,28). The van der Waals surface area contributed by atoms with Crippen molar-refractivity contribution in [3.63, 3.8) is 0 Å². The van der Waals surface area contributed by atoms with E-state index < -0.39 is 0 Å². The molecule has 144 valence electrons. The molecule has 0 radical (unpaired) electrons. The van der Waals surface area contributed by atoms with E-state index >= 15 is 0 Å². The summed E-state index contributed by atoms with van der Waals surface area (Å²) in [5.41, 5.74) is 4.83. The number of benzene rings is 3. The largest absolute Gasteiger partial charge is 0.416 e. The first-order valence-electron chi connectivity index (χ1n) is 9.08. The van der Waals surface area contributed by atoms with Crippen molar-refractivity contribution in [2.45, 2.75) is 13.8 Å². The molecule has 29 heavy (non-hydrogen) atoms. The summed E-state index contributed by atoms with van der Waals surface area (Å²) < 4.78 is 5.79. The van der Waals surface area contributed by atoms with Crippen LogP contribution in [0.3, 0.4) is 0 Å². The predicted octanol–water partition coefficient (Wildman–Crippen LogP) is 5.93. The third kappa shape index (κ3) is 4.20. The highest BCUT2D eigenvalue weighted by Gasteiger charge is 2.13. The molecule has 1 heterocycles. The van der Waals surface area contributed by atoms with E-state index in [0.29, 0.717) is 28.1 Å². The van der Waals surface area contributed by atoms with E-state index in [1.165, 1.54) is 0 Å². The van der Waals surface area contributed by atoms with Crippen LogP contribution in [-0.2, 0) is 0 Å². The van der Waals surface area contributed by atoms with E-state index in [9.17, 15) is 4.79 Å². The summed E-state index contributed by atoms with van der Waals surface area (Å²) in [4.78, 5) is 12.5. The van der Waals surface area contributed by atoms with Gasteiger partial charge in [-0.1, -0.05) is 35.4 Å². The summed E-state index contributed by atoms with van der Waals surface area (Å²) in [5.74, 6) is 0.614. The van der Waals surface area contributed by atoms with Crippen LogP contribution in [0, 0.1) is 13.8 Å². The highest BCUT2D eigenvalue weighted by Crippen LogP contribution is 2.26. The monoisotopic (exact) mass is 403 g/mol. The normalized spacial score (nSPS) is 10.7. The quantitative estimate of drug-likeness (QED) is 0.458. The lowest BCUT2D eigenvalue weighted by molar-refractivity contribution is 0.102. The molecule has 0 atom stereocenters. The minimum Gasteiger partial charge on any atom is -0.416 e. The number of halogens is 1. The molecule has 1 N–H and O–H groups in total. The fourth-order valence-corrected chi connectivity index (χ4v) is 3.20. The Labute approximate surface area is 173 Å². The number of aryl methyl sites for hydroxylation is 2. The van der Waals surface area contributed by atoms with E-state index in [4.69, 9.17) is 16.0 Å². The molecular formula is C23H18ClN3O2. The number of amides is 1. The number of nitrogens with one attached hydrogen (secondary N) is 1. The summed E-state index contributed by atoms with van der Waals surface area (Å²) in [6.45, 7) is 3.95. The summed E-state index contributed by atoms with van der Waals surface area (Å²) in [5, 5.41) is 11.6. The average molecular weight is 404 g/mol. The Bertz CT molecular complexity index is 1180. The first-order chi connectivity index (χ1) is 14.0. The Kier molecular flexibility index (Phi) is 5.14. The number of carbonyl (C=O) groups is 1. The molecule has 1 aromatic heterocycles. The summed E-state index contributed by atoms with van der Waals surface area (Å²) in [6.07, 6.45) is 0. The van der Waals surface area contributed by atoms with Crippen LogP contribution in [0.4, 0.5) is 5.69 Å². The first-order valence-corrected chi connectivity index (χ1v) is 9.46. The van der Waals surface area contributed by atoms with Crippen LogP contribution in [-0.4, -0.2) is 16.1 Å². The van der Waals surface area contributed by atoms with Crippen molar-refractivity contribution < 1.29 is 9.21 Å². The molecule has 0 aliphatic rings. The average Bonchev–Trinajstić information content (AvgIpc) is 3.20. The fourth-order valence-electron chi connectivity index (χ4n) is 2.91. The lowest BCUT2D eigenvalue weighted by Gasteiger charge is -2.08. The van der Waals surface area contributed by atoms with Gasteiger partial charge in [-0.15, -0.1) is 10.2 Å². The van der Waals surface area contributed by atoms with Gasteiger partial charge in [0.2, 0.25) is 11.8 Å². The Morgan fingerprint density at radius 3 is 2.24 bits per heavy atom. The van der Waals surface area contributed by atoms with Crippen molar-refractivity contribution in [2.75, 3.05) is 5.32 Å². The third-order valence-corrected chi connectivity index (χ3v) is 4.77. The van der Waals surface area contributed by atoms with E-state index in [2.05, 4.69) is 15.5 Å². The molecule has 3 aromatic carbocycles. The zero-order chi connectivity index (χ0) is 20.4. The van der Waals surface area contributed by atoms with Gasteiger partial charge in [-0.25, -0.2) is 0 Å². The van der Waals surface area contributed by atoms with E-state index in [0.717, 1.165) is 22.3 Å². The van der Waals surface area contributed by atoms with Gasteiger partial charge in [0.1, 0.15) is 0 Å². The number of anilines is 1. The zero-order valence-corrected chi connectivity index (χ0v) is 16.7. The van der Waals surface area contributed by atoms with Crippen LogP contribution >= 0.6 is 11.6 Å². The van der Waals surface area contributed by atoms with E-state index in [1.807, 2.05) is 50.2 Å². The first kappa shape index (κ1) is 18.9. The molecule has 0 spiro atoms. The second-order valence-corrected chi connectivity index (χ2v) is 7.20. The minimum absolute atomic E-state index is 0.242. The number of aromatic nitrogens is 2. The summed E-state index contributed by atoms with van der Waals surface area (Å²) >= 11 is 6.19. The van der Waals surface area contributed by atoms with Gasteiger partial charge in [-0.3, -0.25) is 4.79 Å². The molecule has 6 heteroatoms. The third-order valence-electron chi connectivity index (χ3n) is 4.46. The number of rotatable bonds is 4. The molecule has 0 aliphatic carbocycles. The molecule has 0 saturated carbocycles. The molecule has 0 aliphatic heterocycles. The van der Waals surface area contributed by atoms with Crippen LogP contribution in [0.2, 0.25) is 5.02 Å². The van der Waals surface area contributed by atoms with Crippen LogP contribution in [0.25, 0.3) is 22.9 Å². The Morgan fingerprint density at radius 1 is 0.862 bits per heavy atom. The molecule has 0 fully saturated rings. The van der Waals surface area contributed by atoms with Crippen molar-refractivity contribution in [3.8, 4) is 22.9 Å². The Hall–Kier alpha value is -3.44. The SMILES string of the molecule is Cc1cccc(-c2nnc(-c3ccc(C(=O)Nc4ccc(C)cc4Cl)cc3)o2)c1. The summed E-state index contributed by atoms with van der Waals surface area (Å²) in [7, 11) is 0. The smallest absolute Gasteiger partial charge is 0.255 e.